The standard InChI is InChI=1S/C42H47F3N8O5S/c1-41(2,58)26-20-30-33(21-29(26)48-37(55)28-7-5-9-34(47-28)42(43,44)45)59-39(49-30)24-12-10-23(11-13-24)22-52-18-16-25(17-19-52)46-27-6-4-8-31-36(27)51(3)40(57)53(31)32-14-15-35(54)50-38(32)56/h4-9,20-21,23-25,32,46,58H,10-19,22H2,1-3H3,(H,48,55)(H,50,54,56)/t23-,24-,32?. The third-order valence-corrected chi connectivity index (χ3v) is 13.2. The number of aliphatic hydroxyl groups is 1. The highest BCUT2D eigenvalue weighted by Crippen LogP contribution is 2.42. The summed E-state index contributed by atoms with van der Waals surface area (Å²) in [6, 6.07) is 11.8. The van der Waals surface area contributed by atoms with Crippen molar-refractivity contribution >= 4 is 61.7 Å². The Bertz CT molecular complexity index is 2490. The number of carbonyl (C=O) groups is 3. The number of thiazole rings is 1. The van der Waals surface area contributed by atoms with Crippen molar-refractivity contribution in [3.05, 3.63) is 81.0 Å². The number of imide groups is 1. The number of halogens is 3. The van der Waals surface area contributed by atoms with Gasteiger partial charge in [0.25, 0.3) is 5.91 Å². The minimum atomic E-state index is -4.69. The van der Waals surface area contributed by atoms with Crippen LogP contribution in [0.5, 0.6) is 0 Å². The molecule has 1 aliphatic carbocycles. The number of aryl methyl sites for hydroxylation is 1. The normalized spacial score (nSPS) is 21.2. The van der Waals surface area contributed by atoms with Crippen LogP contribution >= 0.6 is 11.3 Å². The molecule has 2 aromatic carbocycles. The first-order valence-corrected chi connectivity index (χ1v) is 20.9. The lowest BCUT2D eigenvalue weighted by molar-refractivity contribution is -0.141. The maximum absolute atomic E-state index is 13.4. The summed E-state index contributed by atoms with van der Waals surface area (Å²) in [5.41, 5.74) is 0.442. The van der Waals surface area contributed by atoms with E-state index in [1.54, 1.807) is 37.6 Å². The second-order valence-electron chi connectivity index (χ2n) is 16.6. The Kier molecular flexibility index (Phi) is 10.9. The van der Waals surface area contributed by atoms with Gasteiger partial charge in [-0.1, -0.05) is 12.1 Å². The van der Waals surface area contributed by atoms with Crippen LogP contribution in [0.15, 0.2) is 53.3 Å². The zero-order valence-corrected chi connectivity index (χ0v) is 33.9. The van der Waals surface area contributed by atoms with E-state index in [0.29, 0.717) is 28.2 Å². The number of benzene rings is 2. The molecule has 8 rings (SSSR count). The molecule has 312 valence electrons. The molecular weight excluding hydrogens is 786 g/mol. The molecule has 0 spiro atoms. The van der Waals surface area contributed by atoms with Crippen molar-refractivity contribution in [3.63, 3.8) is 0 Å². The lowest BCUT2D eigenvalue weighted by atomic mass is 9.82. The number of para-hydroxylation sites is 1. The fourth-order valence-corrected chi connectivity index (χ4v) is 10.1. The van der Waals surface area contributed by atoms with E-state index in [-0.39, 0.29) is 42.1 Å². The van der Waals surface area contributed by atoms with Crippen molar-refractivity contribution in [3.8, 4) is 0 Å². The predicted molar refractivity (Wildman–Crippen MR) is 218 cm³/mol. The van der Waals surface area contributed by atoms with Gasteiger partial charge in [0.15, 0.2) is 0 Å². The van der Waals surface area contributed by atoms with Gasteiger partial charge < -0.3 is 20.6 Å². The molecule has 4 N–H and O–H groups in total. The third-order valence-electron chi connectivity index (χ3n) is 12.0. The number of hydrogen-bond donors (Lipinski definition) is 4. The largest absolute Gasteiger partial charge is 0.433 e. The Hall–Kier alpha value is -5.13. The molecule has 1 saturated carbocycles. The third kappa shape index (κ3) is 8.37. The molecule has 3 amide bonds. The Balaban J connectivity index is 0.871. The van der Waals surface area contributed by atoms with Gasteiger partial charge in [-0.3, -0.25) is 28.8 Å². The van der Waals surface area contributed by atoms with Gasteiger partial charge in [0, 0.05) is 56.3 Å². The lowest BCUT2D eigenvalue weighted by Crippen LogP contribution is -2.44. The SMILES string of the molecule is Cn1c(=O)n(C2CCC(=O)NC2=O)c2cccc(NC3CCN(C[C@H]4CC[C@H](c5nc6cc(C(C)(C)O)c(NC(=O)c7cccc(C(F)(F)F)n7)cc6s5)CC4)CC3)c21. The van der Waals surface area contributed by atoms with Gasteiger partial charge >= 0.3 is 11.9 Å². The molecule has 1 unspecified atom stereocenters. The summed E-state index contributed by atoms with van der Waals surface area (Å²) in [5.74, 6) is -0.742. The molecule has 3 aliphatic rings. The molecule has 0 radical (unpaired) electrons. The number of hydrogen-bond acceptors (Lipinski definition) is 10. The molecule has 1 atom stereocenters. The zero-order chi connectivity index (χ0) is 41.8. The van der Waals surface area contributed by atoms with E-state index in [0.717, 1.165) is 91.2 Å². The van der Waals surface area contributed by atoms with E-state index in [1.807, 2.05) is 18.2 Å². The number of alkyl halides is 3. The Morgan fingerprint density at radius 3 is 2.37 bits per heavy atom. The number of rotatable bonds is 9. The van der Waals surface area contributed by atoms with Crippen LogP contribution in [0.25, 0.3) is 21.3 Å². The van der Waals surface area contributed by atoms with Crippen molar-refractivity contribution in [1.82, 2.24) is 29.3 Å². The summed E-state index contributed by atoms with van der Waals surface area (Å²) < 4.78 is 43.7. The highest BCUT2D eigenvalue weighted by Gasteiger charge is 2.35. The Morgan fingerprint density at radius 2 is 1.68 bits per heavy atom. The maximum Gasteiger partial charge on any atom is 0.433 e. The summed E-state index contributed by atoms with van der Waals surface area (Å²) in [6.45, 7) is 6.09. The monoisotopic (exact) mass is 832 g/mol. The second-order valence-corrected chi connectivity index (χ2v) is 17.7. The first-order valence-electron chi connectivity index (χ1n) is 20.1. The highest BCUT2D eigenvalue weighted by atomic mass is 32.1. The average Bonchev–Trinajstić information content (AvgIpc) is 3.72. The second kappa shape index (κ2) is 15.8. The number of aromatic nitrogens is 4. The topological polar surface area (TPSA) is 163 Å². The van der Waals surface area contributed by atoms with Crippen molar-refractivity contribution < 1.29 is 32.7 Å². The van der Waals surface area contributed by atoms with Crippen molar-refractivity contribution in [2.75, 3.05) is 30.3 Å². The highest BCUT2D eigenvalue weighted by molar-refractivity contribution is 7.18. The number of anilines is 2. The van der Waals surface area contributed by atoms with Crippen LogP contribution in [0.2, 0.25) is 0 Å². The average molecular weight is 833 g/mol. The first-order chi connectivity index (χ1) is 28.0. The molecule has 5 heterocycles. The van der Waals surface area contributed by atoms with Gasteiger partial charge in [0.05, 0.1) is 37.5 Å². The molecule has 59 heavy (non-hydrogen) atoms. The first kappa shape index (κ1) is 40.6. The quantitative estimate of drug-likeness (QED) is 0.119. The van der Waals surface area contributed by atoms with E-state index in [2.05, 4.69) is 25.8 Å². The lowest BCUT2D eigenvalue weighted by Gasteiger charge is -2.37. The van der Waals surface area contributed by atoms with Crippen LogP contribution in [0, 0.1) is 5.92 Å². The summed E-state index contributed by atoms with van der Waals surface area (Å²) in [4.78, 5) is 61.9. The van der Waals surface area contributed by atoms with Gasteiger partial charge in [0.2, 0.25) is 11.8 Å². The molecule has 2 aliphatic heterocycles. The Labute approximate surface area is 342 Å². The fourth-order valence-electron chi connectivity index (χ4n) is 8.90. The van der Waals surface area contributed by atoms with E-state index >= 15 is 0 Å². The number of amides is 3. The molecule has 3 aromatic heterocycles. The molecular formula is C42H47F3N8O5S. The van der Waals surface area contributed by atoms with E-state index < -0.39 is 35.3 Å². The van der Waals surface area contributed by atoms with Crippen LogP contribution in [0.4, 0.5) is 24.5 Å². The van der Waals surface area contributed by atoms with Crippen molar-refractivity contribution in [1.29, 1.82) is 0 Å². The van der Waals surface area contributed by atoms with Crippen LogP contribution in [-0.2, 0) is 28.4 Å². The summed E-state index contributed by atoms with van der Waals surface area (Å²) in [7, 11) is 1.71. The number of nitrogens with one attached hydrogen (secondary N) is 3. The van der Waals surface area contributed by atoms with E-state index in [9.17, 15) is 37.5 Å². The van der Waals surface area contributed by atoms with E-state index in [4.69, 9.17) is 4.98 Å². The number of pyridine rings is 1. The van der Waals surface area contributed by atoms with Crippen molar-refractivity contribution in [2.24, 2.45) is 13.0 Å². The maximum atomic E-state index is 13.4. The molecule has 5 aromatic rings. The van der Waals surface area contributed by atoms with Crippen LogP contribution in [0.1, 0.15) is 104 Å². The van der Waals surface area contributed by atoms with E-state index in [1.165, 1.54) is 22.0 Å². The van der Waals surface area contributed by atoms with Gasteiger partial charge in [-0.2, -0.15) is 13.2 Å². The van der Waals surface area contributed by atoms with Crippen LogP contribution in [0.3, 0.4) is 0 Å². The summed E-state index contributed by atoms with van der Waals surface area (Å²) in [5, 5.41) is 20.7. The van der Waals surface area contributed by atoms with Crippen molar-refractivity contribution in [2.45, 2.75) is 95.0 Å². The fraction of sp³-hybridized carbons (Fsp3) is 0.476. The van der Waals surface area contributed by atoms with Crippen LogP contribution in [-0.4, -0.2) is 72.5 Å². The predicted octanol–water partition coefficient (Wildman–Crippen LogP) is 6.67. The minimum Gasteiger partial charge on any atom is -0.386 e. The number of fused-ring (bicyclic) bond motifs is 2. The van der Waals surface area contributed by atoms with Gasteiger partial charge in [-0.15, -0.1) is 11.3 Å². The number of likely N-dealkylation sites (tertiary alicyclic amines) is 1. The van der Waals surface area contributed by atoms with Crippen LogP contribution < -0.4 is 21.6 Å². The number of imidazole rings is 1. The molecule has 2 saturated heterocycles. The van der Waals surface area contributed by atoms with Gasteiger partial charge in [0.1, 0.15) is 17.4 Å². The minimum absolute atomic E-state index is 0.190. The number of carbonyl (C=O) groups excluding carboxylic acids is 3. The summed E-state index contributed by atoms with van der Waals surface area (Å²) >= 11 is 1.54. The summed E-state index contributed by atoms with van der Waals surface area (Å²) in [6.07, 6.45) is 1.81. The molecule has 3 fully saturated rings. The number of nitrogens with zero attached hydrogens (tertiary/aromatic N) is 5. The number of piperidine rings is 2. The molecule has 0 bridgehead atoms. The van der Waals surface area contributed by atoms with Gasteiger partial charge in [-0.25, -0.2) is 14.8 Å². The smallest absolute Gasteiger partial charge is 0.386 e. The zero-order valence-electron chi connectivity index (χ0n) is 33.1. The molecule has 17 heteroatoms. The Morgan fingerprint density at radius 1 is 0.949 bits per heavy atom. The van der Waals surface area contributed by atoms with Gasteiger partial charge in [-0.05, 0) is 101 Å². The molecule has 13 nitrogen and oxygen atoms in total.